The largest absolute Gasteiger partial charge is 0.469 e. The summed E-state index contributed by atoms with van der Waals surface area (Å²) in [5.74, 6) is -0.957. The van der Waals surface area contributed by atoms with Crippen molar-refractivity contribution in [3.63, 3.8) is 0 Å². The molecule has 0 aliphatic heterocycles. The summed E-state index contributed by atoms with van der Waals surface area (Å²) in [4.78, 5) is 25.6. The lowest BCUT2D eigenvalue weighted by Gasteiger charge is -2.27. The van der Waals surface area contributed by atoms with Crippen LogP contribution in [0.5, 0.6) is 0 Å². The van der Waals surface area contributed by atoms with E-state index < -0.39 is 5.92 Å². The van der Waals surface area contributed by atoms with Gasteiger partial charge in [0, 0.05) is 25.2 Å². The highest BCUT2D eigenvalue weighted by molar-refractivity contribution is 5.81. The van der Waals surface area contributed by atoms with Gasteiger partial charge in [0.05, 0.1) is 13.0 Å². The summed E-state index contributed by atoms with van der Waals surface area (Å²) >= 11 is 0. The van der Waals surface area contributed by atoms with Gasteiger partial charge in [-0.1, -0.05) is 66.7 Å². The summed E-state index contributed by atoms with van der Waals surface area (Å²) in [6, 6.07) is 26.8. The minimum absolute atomic E-state index is 0.116. The van der Waals surface area contributed by atoms with Crippen molar-refractivity contribution >= 4 is 17.9 Å². The summed E-state index contributed by atoms with van der Waals surface area (Å²) in [6.07, 6.45) is 0.886. The van der Waals surface area contributed by atoms with Crippen molar-refractivity contribution in [2.24, 2.45) is 0 Å². The molecule has 3 rings (SSSR count). The van der Waals surface area contributed by atoms with Gasteiger partial charge in [-0.25, -0.2) is 0 Å². The number of carbonyl (C=O) groups is 2. The van der Waals surface area contributed by atoms with Crippen LogP contribution in [0.4, 0.5) is 5.69 Å². The van der Waals surface area contributed by atoms with E-state index in [-0.39, 0.29) is 12.4 Å². The molecular formula is C26H27NO3. The maximum absolute atomic E-state index is 12.2. The number of ether oxygens (including phenoxy) is 1. The van der Waals surface area contributed by atoms with Crippen molar-refractivity contribution in [3.8, 4) is 0 Å². The van der Waals surface area contributed by atoms with E-state index in [9.17, 15) is 9.59 Å². The van der Waals surface area contributed by atoms with E-state index in [1.54, 1.807) is 0 Å². The Bertz CT molecular complexity index is 929. The first-order valence-electron chi connectivity index (χ1n) is 10.1. The van der Waals surface area contributed by atoms with Gasteiger partial charge >= 0.3 is 5.97 Å². The second-order valence-corrected chi connectivity index (χ2v) is 7.35. The Balaban J connectivity index is 1.93. The van der Waals surface area contributed by atoms with Gasteiger partial charge in [-0.2, -0.15) is 0 Å². The molecule has 0 saturated heterocycles. The van der Waals surface area contributed by atoms with E-state index in [0.29, 0.717) is 0 Å². The molecule has 0 spiro atoms. The van der Waals surface area contributed by atoms with E-state index in [0.717, 1.165) is 36.2 Å². The average Bonchev–Trinajstić information content (AvgIpc) is 2.78. The topological polar surface area (TPSA) is 46.6 Å². The lowest BCUT2D eigenvalue weighted by Crippen LogP contribution is -2.22. The predicted octanol–water partition coefficient (Wildman–Crippen LogP) is 5.05. The number of esters is 1. The number of rotatable bonds is 9. The van der Waals surface area contributed by atoms with E-state index >= 15 is 0 Å². The third-order valence-electron chi connectivity index (χ3n) is 5.24. The maximum atomic E-state index is 12.2. The molecule has 0 amide bonds. The third kappa shape index (κ3) is 5.35. The van der Waals surface area contributed by atoms with Crippen LogP contribution in [0.2, 0.25) is 0 Å². The van der Waals surface area contributed by atoms with Crippen LogP contribution in [0.25, 0.3) is 0 Å². The van der Waals surface area contributed by atoms with Gasteiger partial charge < -0.3 is 14.4 Å². The first-order chi connectivity index (χ1) is 14.6. The van der Waals surface area contributed by atoms with Gasteiger partial charge in [0.25, 0.3) is 0 Å². The van der Waals surface area contributed by atoms with E-state index in [1.807, 2.05) is 55.5 Å². The zero-order valence-corrected chi connectivity index (χ0v) is 17.5. The quantitative estimate of drug-likeness (QED) is 0.372. The predicted molar refractivity (Wildman–Crippen MR) is 119 cm³/mol. The van der Waals surface area contributed by atoms with Crippen molar-refractivity contribution in [2.45, 2.75) is 32.4 Å². The highest BCUT2D eigenvalue weighted by Crippen LogP contribution is 2.29. The summed E-state index contributed by atoms with van der Waals surface area (Å²) < 4.78 is 4.90. The molecular weight excluding hydrogens is 374 g/mol. The van der Waals surface area contributed by atoms with Crippen LogP contribution in [-0.4, -0.2) is 19.4 Å². The first kappa shape index (κ1) is 21.3. The molecule has 4 nitrogen and oxygen atoms in total. The fourth-order valence-corrected chi connectivity index (χ4v) is 3.68. The number of aryl methyl sites for hydroxylation is 1. The second kappa shape index (κ2) is 10.4. The standard InChI is InChI=1S/C26H27NO3/c1-20-17-23(13-14-24(20)25(15-16-28)26(29)30-2)27(18-21-9-5-3-6-10-21)19-22-11-7-4-8-12-22/h3-14,16-17,25H,15,18-19H2,1-2H3/t25-/m1/s1. The number of hydrogen-bond donors (Lipinski definition) is 0. The molecule has 1 atom stereocenters. The fraction of sp³-hybridized carbons (Fsp3) is 0.231. The Kier molecular flexibility index (Phi) is 7.39. The minimum Gasteiger partial charge on any atom is -0.469 e. The molecule has 3 aromatic carbocycles. The van der Waals surface area contributed by atoms with Crippen LogP contribution in [0.3, 0.4) is 0 Å². The molecule has 0 N–H and O–H groups in total. The highest BCUT2D eigenvalue weighted by atomic mass is 16.5. The number of aldehydes is 1. The second-order valence-electron chi connectivity index (χ2n) is 7.35. The van der Waals surface area contributed by atoms with Crippen molar-refractivity contribution < 1.29 is 14.3 Å². The van der Waals surface area contributed by atoms with Crippen LogP contribution in [0.15, 0.2) is 78.9 Å². The van der Waals surface area contributed by atoms with Crippen molar-refractivity contribution in [3.05, 3.63) is 101 Å². The molecule has 4 heteroatoms. The Morgan fingerprint density at radius 3 is 1.97 bits per heavy atom. The van der Waals surface area contributed by atoms with Gasteiger partial charge in [0.15, 0.2) is 0 Å². The third-order valence-corrected chi connectivity index (χ3v) is 5.24. The van der Waals surface area contributed by atoms with Crippen molar-refractivity contribution in [1.29, 1.82) is 0 Å². The van der Waals surface area contributed by atoms with Crippen LogP contribution in [-0.2, 0) is 27.4 Å². The average molecular weight is 402 g/mol. The number of anilines is 1. The number of carbonyl (C=O) groups excluding carboxylic acids is 2. The van der Waals surface area contributed by atoms with Gasteiger partial charge in [-0.3, -0.25) is 4.79 Å². The molecule has 0 aliphatic carbocycles. The van der Waals surface area contributed by atoms with Crippen LogP contribution < -0.4 is 4.90 Å². The molecule has 0 aliphatic rings. The van der Waals surface area contributed by atoms with E-state index in [2.05, 4.69) is 35.2 Å². The zero-order valence-electron chi connectivity index (χ0n) is 17.5. The van der Waals surface area contributed by atoms with E-state index in [4.69, 9.17) is 4.74 Å². The van der Waals surface area contributed by atoms with E-state index in [1.165, 1.54) is 18.2 Å². The number of methoxy groups -OCH3 is 1. The molecule has 0 unspecified atom stereocenters. The normalized spacial score (nSPS) is 11.5. The molecule has 0 heterocycles. The monoisotopic (exact) mass is 401 g/mol. The molecule has 30 heavy (non-hydrogen) atoms. The van der Waals surface area contributed by atoms with Crippen molar-refractivity contribution in [2.75, 3.05) is 12.0 Å². The van der Waals surface area contributed by atoms with Gasteiger partial charge in [0.2, 0.25) is 0 Å². The smallest absolute Gasteiger partial charge is 0.313 e. The number of hydrogen-bond acceptors (Lipinski definition) is 4. The Labute approximate surface area is 178 Å². The minimum atomic E-state index is -0.571. The maximum Gasteiger partial charge on any atom is 0.313 e. The Morgan fingerprint density at radius 2 is 1.50 bits per heavy atom. The summed E-state index contributed by atoms with van der Waals surface area (Å²) in [7, 11) is 1.35. The van der Waals surface area contributed by atoms with Crippen LogP contribution in [0, 0.1) is 6.92 Å². The molecule has 0 saturated carbocycles. The molecule has 3 aromatic rings. The van der Waals surface area contributed by atoms with Gasteiger partial charge in [-0.05, 0) is 41.3 Å². The summed E-state index contributed by atoms with van der Waals surface area (Å²) in [5.41, 5.74) is 5.32. The highest BCUT2D eigenvalue weighted by Gasteiger charge is 2.23. The summed E-state index contributed by atoms with van der Waals surface area (Å²) in [6.45, 7) is 3.51. The van der Waals surface area contributed by atoms with Gasteiger partial charge in [-0.15, -0.1) is 0 Å². The molecule has 0 aromatic heterocycles. The Hall–Kier alpha value is -3.40. The fourth-order valence-electron chi connectivity index (χ4n) is 3.68. The summed E-state index contributed by atoms with van der Waals surface area (Å²) in [5, 5.41) is 0. The van der Waals surface area contributed by atoms with Crippen molar-refractivity contribution in [1.82, 2.24) is 0 Å². The molecule has 0 radical (unpaired) electrons. The van der Waals surface area contributed by atoms with Crippen LogP contribution in [0.1, 0.15) is 34.6 Å². The Morgan fingerprint density at radius 1 is 0.933 bits per heavy atom. The molecule has 154 valence electrons. The SMILES string of the molecule is COC(=O)[C@H](CC=O)c1ccc(N(Cc2ccccc2)Cc2ccccc2)cc1C. The number of benzene rings is 3. The zero-order chi connectivity index (χ0) is 21.3. The molecule has 0 bridgehead atoms. The number of nitrogens with zero attached hydrogens (tertiary/aromatic N) is 1. The van der Waals surface area contributed by atoms with Crippen LogP contribution >= 0.6 is 0 Å². The molecule has 0 fully saturated rings. The van der Waals surface area contributed by atoms with Gasteiger partial charge in [0.1, 0.15) is 6.29 Å². The first-order valence-corrected chi connectivity index (χ1v) is 10.1. The lowest BCUT2D eigenvalue weighted by molar-refractivity contribution is -0.143. The lowest BCUT2D eigenvalue weighted by atomic mass is 9.92.